The maximum Gasteiger partial charge on any atom is 0.271 e. The van der Waals surface area contributed by atoms with Gasteiger partial charge in [-0.15, -0.1) is 0 Å². The van der Waals surface area contributed by atoms with Crippen LogP contribution in [0.25, 0.3) is 11.8 Å². The molecule has 34 heavy (non-hydrogen) atoms. The van der Waals surface area contributed by atoms with Gasteiger partial charge in [-0.25, -0.2) is 0 Å². The van der Waals surface area contributed by atoms with Gasteiger partial charge in [-0.2, -0.15) is 0 Å². The average molecular weight is 477 g/mol. The molecule has 1 aliphatic rings. The highest BCUT2D eigenvalue weighted by atomic mass is 32.1. The van der Waals surface area contributed by atoms with Crippen molar-refractivity contribution >= 4 is 46.6 Å². The molecule has 0 bridgehead atoms. The van der Waals surface area contributed by atoms with E-state index in [1.807, 2.05) is 24.5 Å². The summed E-state index contributed by atoms with van der Waals surface area (Å²) in [5, 5.41) is 13.7. The van der Waals surface area contributed by atoms with Gasteiger partial charge >= 0.3 is 0 Å². The molecule has 1 aliphatic heterocycles. The predicted molar refractivity (Wildman–Crippen MR) is 131 cm³/mol. The number of nitro benzene ring substituents is 1. The first-order valence-corrected chi connectivity index (χ1v) is 10.6. The van der Waals surface area contributed by atoms with Crippen molar-refractivity contribution in [3.05, 3.63) is 87.2 Å². The summed E-state index contributed by atoms with van der Waals surface area (Å²) in [6.45, 7) is 3.66. The molecule has 1 fully saturated rings. The van der Waals surface area contributed by atoms with Crippen molar-refractivity contribution in [2.45, 2.75) is 13.8 Å². The van der Waals surface area contributed by atoms with Crippen LogP contribution >= 0.6 is 12.2 Å². The third-order valence-electron chi connectivity index (χ3n) is 5.50. The van der Waals surface area contributed by atoms with Gasteiger partial charge < -0.3 is 9.30 Å². The molecule has 2 aromatic carbocycles. The largest absolute Gasteiger partial charge is 0.497 e. The number of hydrogen-bond donors (Lipinski definition) is 1. The molecule has 4 rings (SSSR count). The van der Waals surface area contributed by atoms with Gasteiger partial charge in [0.2, 0.25) is 0 Å². The van der Waals surface area contributed by atoms with Crippen molar-refractivity contribution in [2.24, 2.45) is 0 Å². The quantitative estimate of drug-likeness (QED) is 0.197. The number of nitro groups is 1. The third kappa shape index (κ3) is 4.06. The first-order valence-electron chi connectivity index (χ1n) is 10.2. The Balaban J connectivity index is 1.74. The zero-order valence-corrected chi connectivity index (χ0v) is 19.4. The minimum atomic E-state index is -0.597. The van der Waals surface area contributed by atoms with Gasteiger partial charge in [0.15, 0.2) is 5.11 Å². The number of nitrogens with one attached hydrogen (secondary N) is 1. The lowest BCUT2D eigenvalue weighted by Crippen LogP contribution is -2.54. The van der Waals surface area contributed by atoms with Crippen molar-refractivity contribution in [3.8, 4) is 11.4 Å². The predicted octanol–water partition coefficient (Wildman–Crippen LogP) is 3.84. The second-order valence-corrected chi connectivity index (χ2v) is 7.98. The van der Waals surface area contributed by atoms with E-state index in [0.717, 1.165) is 11.4 Å². The van der Waals surface area contributed by atoms with Crippen LogP contribution in [0.2, 0.25) is 0 Å². The number of anilines is 1. The first kappa shape index (κ1) is 22.9. The SMILES string of the molecule is COc1ccc(N2C(=O)/C(=C\c3cc(C)n(-c4cccc([N+](=O)[O-])c4)c3C)C(=O)NC2=S)cc1. The number of ether oxygens (including phenoxy) is 1. The van der Waals surface area contributed by atoms with Gasteiger partial charge in [-0.3, -0.25) is 29.9 Å². The maximum absolute atomic E-state index is 13.3. The number of hydrogen-bond acceptors (Lipinski definition) is 6. The van der Waals surface area contributed by atoms with Crippen LogP contribution in [0.1, 0.15) is 17.0 Å². The minimum absolute atomic E-state index is 0.0145. The Morgan fingerprint density at radius 3 is 2.41 bits per heavy atom. The molecule has 3 aromatic rings. The molecular formula is C24H20N4O5S. The number of benzene rings is 2. The van der Waals surface area contributed by atoms with Gasteiger partial charge in [0.1, 0.15) is 11.3 Å². The maximum atomic E-state index is 13.3. The fraction of sp³-hybridized carbons (Fsp3) is 0.125. The molecule has 0 atom stereocenters. The number of carbonyl (C=O) groups is 2. The van der Waals surface area contributed by atoms with Crippen molar-refractivity contribution in [1.29, 1.82) is 0 Å². The Bertz CT molecular complexity index is 1370. The van der Waals surface area contributed by atoms with E-state index in [-0.39, 0.29) is 16.4 Å². The van der Waals surface area contributed by atoms with Crippen LogP contribution in [0.4, 0.5) is 11.4 Å². The summed E-state index contributed by atoms with van der Waals surface area (Å²) >= 11 is 5.25. The van der Waals surface area contributed by atoms with Crippen molar-refractivity contribution in [1.82, 2.24) is 9.88 Å². The molecule has 0 unspecified atom stereocenters. The number of non-ortho nitro benzene ring substituents is 1. The lowest BCUT2D eigenvalue weighted by Gasteiger charge is -2.29. The van der Waals surface area contributed by atoms with Crippen LogP contribution in [0, 0.1) is 24.0 Å². The Hall–Kier alpha value is -4.31. The molecule has 1 aromatic heterocycles. The topological polar surface area (TPSA) is 107 Å². The van der Waals surface area contributed by atoms with Crippen molar-refractivity contribution < 1.29 is 19.2 Å². The summed E-state index contributed by atoms with van der Waals surface area (Å²) in [6.07, 6.45) is 1.51. The molecule has 2 amide bonds. The highest BCUT2D eigenvalue weighted by molar-refractivity contribution is 7.80. The molecule has 0 spiro atoms. The molecule has 0 saturated carbocycles. The second-order valence-electron chi connectivity index (χ2n) is 7.59. The van der Waals surface area contributed by atoms with Gasteiger partial charge in [0.25, 0.3) is 17.5 Å². The Morgan fingerprint density at radius 2 is 1.76 bits per heavy atom. The van der Waals surface area contributed by atoms with E-state index < -0.39 is 16.7 Å². The fourth-order valence-electron chi connectivity index (χ4n) is 3.86. The van der Waals surface area contributed by atoms with Gasteiger partial charge in [0.05, 0.1) is 23.4 Å². The van der Waals surface area contributed by atoms with Crippen LogP contribution in [0.15, 0.2) is 60.2 Å². The summed E-state index contributed by atoms with van der Waals surface area (Å²) in [5.41, 5.74) is 3.12. The molecule has 0 aliphatic carbocycles. The van der Waals surface area contributed by atoms with Gasteiger partial charge in [0, 0.05) is 23.5 Å². The summed E-state index contributed by atoms with van der Waals surface area (Å²) in [4.78, 5) is 38.0. The number of nitrogens with zero attached hydrogens (tertiary/aromatic N) is 3. The van der Waals surface area contributed by atoms with E-state index in [1.165, 1.54) is 30.2 Å². The Morgan fingerprint density at radius 1 is 1.06 bits per heavy atom. The number of thiocarbonyl (C=S) groups is 1. The van der Waals surface area contributed by atoms with E-state index in [2.05, 4.69) is 5.32 Å². The molecule has 0 radical (unpaired) electrons. The molecule has 1 saturated heterocycles. The average Bonchev–Trinajstić information content (AvgIpc) is 3.09. The zero-order valence-electron chi connectivity index (χ0n) is 18.6. The summed E-state index contributed by atoms with van der Waals surface area (Å²) in [7, 11) is 1.54. The van der Waals surface area contributed by atoms with Crippen LogP contribution in [0.5, 0.6) is 5.75 Å². The monoisotopic (exact) mass is 476 g/mol. The lowest BCUT2D eigenvalue weighted by atomic mass is 10.1. The first-order chi connectivity index (χ1) is 16.2. The number of aromatic nitrogens is 1. The van der Waals surface area contributed by atoms with Crippen molar-refractivity contribution in [2.75, 3.05) is 12.0 Å². The normalized spacial score (nSPS) is 15.0. The number of aryl methyl sites for hydroxylation is 1. The Labute approximate surface area is 200 Å². The number of rotatable bonds is 5. The van der Waals surface area contributed by atoms with E-state index in [0.29, 0.717) is 22.7 Å². The molecule has 10 heteroatoms. The third-order valence-corrected chi connectivity index (χ3v) is 5.79. The number of amides is 2. The minimum Gasteiger partial charge on any atom is -0.497 e. The van der Waals surface area contributed by atoms with Crippen LogP contribution in [-0.4, -0.2) is 33.5 Å². The second kappa shape index (κ2) is 8.91. The standard InChI is InChI=1S/C24H20N4O5S/c1-14-11-16(15(2)26(14)18-5-4-6-19(13-18)28(31)32)12-21-22(29)25-24(34)27(23(21)30)17-7-9-20(33-3)10-8-17/h4-13H,1-3H3,(H,25,29,34)/b21-12-. The summed E-state index contributed by atoms with van der Waals surface area (Å²) < 4.78 is 6.98. The van der Waals surface area contributed by atoms with E-state index >= 15 is 0 Å². The number of carbonyl (C=O) groups excluding carboxylic acids is 2. The molecule has 172 valence electrons. The zero-order chi connectivity index (χ0) is 24.6. The smallest absolute Gasteiger partial charge is 0.271 e. The van der Waals surface area contributed by atoms with E-state index in [4.69, 9.17) is 17.0 Å². The molecular weight excluding hydrogens is 456 g/mol. The van der Waals surface area contributed by atoms with Crippen LogP contribution in [-0.2, 0) is 9.59 Å². The van der Waals surface area contributed by atoms with Crippen LogP contribution < -0.4 is 15.0 Å². The fourth-order valence-corrected chi connectivity index (χ4v) is 4.14. The molecule has 1 N–H and O–H groups in total. The molecule has 9 nitrogen and oxygen atoms in total. The lowest BCUT2D eigenvalue weighted by molar-refractivity contribution is -0.384. The van der Waals surface area contributed by atoms with Crippen LogP contribution in [0.3, 0.4) is 0 Å². The van der Waals surface area contributed by atoms with Crippen molar-refractivity contribution in [3.63, 3.8) is 0 Å². The summed E-state index contributed by atoms with van der Waals surface area (Å²) in [6, 6.07) is 14.8. The molecule has 2 heterocycles. The highest BCUT2D eigenvalue weighted by Crippen LogP contribution is 2.28. The van der Waals surface area contributed by atoms with E-state index in [9.17, 15) is 19.7 Å². The number of methoxy groups -OCH3 is 1. The van der Waals surface area contributed by atoms with Gasteiger partial charge in [-0.1, -0.05) is 6.07 Å². The van der Waals surface area contributed by atoms with E-state index in [1.54, 1.807) is 36.4 Å². The summed E-state index contributed by atoms with van der Waals surface area (Å²) in [5.74, 6) is -0.536. The Kier molecular flexibility index (Phi) is 5.99. The highest BCUT2D eigenvalue weighted by Gasteiger charge is 2.34. The van der Waals surface area contributed by atoms with Gasteiger partial charge in [-0.05, 0) is 74.1 Å².